The van der Waals surface area contributed by atoms with E-state index in [9.17, 15) is 4.79 Å². The molecule has 0 spiro atoms. The Morgan fingerprint density at radius 3 is 1.85 bits per heavy atom. The van der Waals surface area contributed by atoms with Gasteiger partial charge in [0.2, 0.25) is 0 Å². The van der Waals surface area contributed by atoms with Gasteiger partial charge < -0.3 is 14.7 Å². The van der Waals surface area contributed by atoms with Gasteiger partial charge in [0.25, 0.3) is 0 Å². The number of esters is 1. The largest absolute Gasteiger partial charge is 0.463 e. The third-order valence-corrected chi connectivity index (χ3v) is 11.2. The normalized spacial score (nSPS) is 14.5. The second-order valence-corrected chi connectivity index (χ2v) is 15.2. The fraction of sp³-hybridized carbons (Fsp3) is 0.449. The van der Waals surface area contributed by atoms with Crippen LogP contribution in [0.2, 0.25) is 0 Å². The highest BCUT2D eigenvalue weighted by molar-refractivity contribution is 5.85. The predicted octanol–water partition coefficient (Wildman–Crippen LogP) is 13.1. The Balaban J connectivity index is 1.37. The van der Waals surface area contributed by atoms with E-state index in [4.69, 9.17) is 9.84 Å². The van der Waals surface area contributed by atoms with Crippen molar-refractivity contribution in [1.82, 2.24) is 0 Å². The zero-order chi connectivity index (χ0) is 37.3. The first-order valence-corrected chi connectivity index (χ1v) is 20.6. The molecular formula is C49H63NO3. The van der Waals surface area contributed by atoms with Crippen molar-refractivity contribution in [3.8, 4) is 11.1 Å². The quantitative estimate of drug-likeness (QED) is 0.0446. The smallest absolute Gasteiger partial charge is 0.330 e. The Hall–Kier alpha value is -4.15. The predicted molar refractivity (Wildman–Crippen MR) is 224 cm³/mol. The fourth-order valence-corrected chi connectivity index (χ4v) is 8.12. The lowest BCUT2D eigenvalue weighted by molar-refractivity contribution is -0.137. The zero-order valence-corrected chi connectivity index (χ0v) is 32.6. The van der Waals surface area contributed by atoms with Crippen LogP contribution in [0.25, 0.3) is 11.1 Å². The lowest BCUT2D eigenvalue weighted by atomic mass is 9.76. The third-order valence-electron chi connectivity index (χ3n) is 11.2. The second kappa shape index (κ2) is 20.9. The molecule has 1 aliphatic rings. The Morgan fingerprint density at radius 2 is 1.21 bits per heavy atom. The summed E-state index contributed by atoms with van der Waals surface area (Å²) < 4.78 is 5.12. The fourth-order valence-electron chi connectivity index (χ4n) is 8.12. The van der Waals surface area contributed by atoms with Crippen molar-refractivity contribution in [2.45, 2.75) is 128 Å². The molecule has 53 heavy (non-hydrogen) atoms. The molecule has 0 aliphatic heterocycles. The summed E-state index contributed by atoms with van der Waals surface area (Å²) in [7, 11) is 0. The molecule has 1 unspecified atom stereocenters. The average Bonchev–Trinajstić information content (AvgIpc) is 3.44. The summed E-state index contributed by atoms with van der Waals surface area (Å²) >= 11 is 0. The molecule has 0 heterocycles. The van der Waals surface area contributed by atoms with E-state index in [1.54, 1.807) is 0 Å². The summed E-state index contributed by atoms with van der Waals surface area (Å²) in [5.41, 5.74) is 11.9. The number of hydrogen-bond acceptors (Lipinski definition) is 4. The second-order valence-electron chi connectivity index (χ2n) is 15.2. The number of carbonyl (C=O) groups is 1. The van der Waals surface area contributed by atoms with Crippen molar-refractivity contribution in [3.05, 3.63) is 126 Å². The molecule has 4 heteroatoms. The minimum Gasteiger partial charge on any atom is -0.463 e. The molecular weight excluding hydrogens is 651 g/mol. The first-order valence-electron chi connectivity index (χ1n) is 20.6. The molecule has 0 radical (unpaired) electrons. The molecule has 1 N–H and O–H groups in total. The summed E-state index contributed by atoms with van der Waals surface area (Å²) in [6, 6.07) is 34.6. The number of carbonyl (C=O) groups excluding carboxylic acids is 1. The zero-order valence-electron chi connectivity index (χ0n) is 32.6. The van der Waals surface area contributed by atoms with Crippen LogP contribution in [0.5, 0.6) is 0 Å². The molecule has 0 aromatic heterocycles. The van der Waals surface area contributed by atoms with Crippen LogP contribution in [-0.4, -0.2) is 24.3 Å². The lowest BCUT2D eigenvalue weighted by Crippen LogP contribution is -2.21. The number of hydrogen-bond donors (Lipinski definition) is 1. The van der Waals surface area contributed by atoms with E-state index in [0.717, 1.165) is 70.6 Å². The van der Waals surface area contributed by atoms with Gasteiger partial charge in [-0.05, 0) is 115 Å². The lowest BCUT2D eigenvalue weighted by Gasteiger charge is -2.30. The van der Waals surface area contributed by atoms with Gasteiger partial charge in [-0.1, -0.05) is 139 Å². The highest BCUT2D eigenvalue weighted by Gasteiger charge is 2.39. The van der Waals surface area contributed by atoms with Gasteiger partial charge in [0, 0.05) is 35.2 Å². The highest BCUT2D eigenvalue weighted by Crippen LogP contribution is 2.53. The molecule has 4 aromatic rings. The van der Waals surface area contributed by atoms with Crippen LogP contribution in [0, 0.1) is 0 Å². The van der Waals surface area contributed by atoms with Gasteiger partial charge in [-0.2, -0.15) is 0 Å². The third kappa shape index (κ3) is 10.9. The number of rotatable bonds is 24. The standard InChI is InChI=1S/C49H63NO3/c1-4-6-7-8-11-18-35-49(3)46-24-17-16-23-44(46)45-34-33-43(38-47(45)49)50(41-29-25-39(26-30-41)21-14-9-12-19-36-51)42-31-27-40(28-32-42)22-15-10-13-20-37-53-48(52)5-2/h5,16-17,23-34,38,51H,2,4,6-15,18-22,35-37H2,1,3H3. The van der Waals surface area contributed by atoms with Gasteiger partial charge in [-0.25, -0.2) is 4.79 Å². The number of ether oxygens (including phenoxy) is 1. The van der Waals surface area contributed by atoms with Crippen LogP contribution < -0.4 is 4.90 Å². The van der Waals surface area contributed by atoms with E-state index in [1.807, 2.05) is 0 Å². The molecule has 5 rings (SSSR count). The number of aliphatic hydroxyl groups excluding tert-OH is 1. The van der Waals surface area contributed by atoms with E-state index in [2.05, 4.69) is 116 Å². The van der Waals surface area contributed by atoms with Gasteiger partial charge in [0.15, 0.2) is 0 Å². The molecule has 0 saturated carbocycles. The number of benzene rings is 4. The van der Waals surface area contributed by atoms with Gasteiger partial charge >= 0.3 is 5.97 Å². The summed E-state index contributed by atoms with van der Waals surface area (Å²) in [4.78, 5) is 13.7. The maximum Gasteiger partial charge on any atom is 0.330 e. The summed E-state index contributed by atoms with van der Waals surface area (Å²) in [6.07, 6.45) is 20.8. The number of aliphatic hydroxyl groups is 1. The van der Waals surface area contributed by atoms with Crippen molar-refractivity contribution in [2.24, 2.45) is 0 Å². The topological polar surface area (TPSA) is 49.8 Å². The van der Waals surface area contributed by atoms with E-state index < -0.39 is 0 Å². The van der Waals surface area contributed by atoms with Crippen molar-refractivity contribution < 1.29 is 14.6 Å². The van der Waals surface area contributed by atoms with Crippen LogP contribution in [0.4, 0.5) is 17.1 Å². The van der Waals surface area contributed by atoms with E-state index in [1.165, 1.54) is 95.0 Å². The summed E-state index contributed by atoms with van der Waals surface area (Å²) in [5, 5.41) is 9.14. The molecule has 0 bridgehead atoms. The number of anilines is 3. The minimum absolute atomic E-state index is 0.0184. The molecule has 0 saturated heterocycles. The number of aryl methyl sites for hydroxylation is 2. The van der Waals surface area contributed by atoms with Gasteiger partial charge in [-0.15, -0.1) is 0 Å². The first-order chi connectivity index (χ1) is 26.0. The highest BCUT2D eigenvalue weighted by atomic mass is 16.5. The first kappa shape index (κ1) is 40.0. The maximum atomic E-state index is 11.3. The minimum atomic E-state index is -0.340. The molecule has 282 valence electrons. The van der Waals surface area contributed by atoms with E-state index >= 15 is 0 Å². The molecule has 4 aromatic carbocycles. The summed E-state index contributed by atoms with van der Waals surface area (Å²) in [5.74, 6) is -0.340. The van der Waals surface area contributed by atoms with Crippen LogP contribution in [0.15, 0.2) is 104 Å². The molecule has 1 aliphatic carbocycles. The Bertz CT molecular complexity index is 1710. The SMILES string of the molecule is C=CC(=O)OCCCCCCc1ccc(N(c2ccc(CCCCCCO)cc2)c2ccc3c(c2)C(C)(CCCCCCCC)c2ccccc2-3)cc1. The van der Waals surface area contributed by atoms with Crippen LogP contribution in [-0.2, 0) is 27.8 Å². The van der Waals surface area contributed by atoms with Crippen LogP contribution in [0.3, 0.4) is 0 Å². The van der Waals surface area contributed by atoms with E-state index in [0.29, 0.717) is 6.61 Å². The molecule has 4 nitrogen and oxygen atoms in total. The average molecular weight is 714 g/mol. The van der Waals surface area contributed by atoms with Crippen LogP contribution in [0.1, 0.15) is 132 Å². The Kier molecular flexibility index (Phi) is 15.8. The number of fused-ring (bicyclic) bond motifs is 3. The Morgan fingerprint density at radius 1 is 0.660 bits per heavy atom. The van der Waals surface area contributed by atoms with E-state index in [-0.39, 0.29) is 18.0 Å². The van der Waals surface area contributed by atoms with Gasteiger partial charge in [-0.3, -0.25) is 0 Å². The number of nitrogens with zero attached hydrogens (tertiary/aromatic N) is 1. The molecule has 1 atom stereocenters. The number of unbranched alkanes of at least 4 members (excludes halogenated alkanes) is 11. The van der Waals surface area contributed by atoms with Crippen molar-refractivity contribution >= 4 is 23.0 Å². The van der Waals surface area contributed by atoms with Crippen molar-refractivity contribution in [3.63, 3.8) is 0 Å². The molecule has 0 fully saturated rings. The van der Waals surface area contributed by atoms with Crippen molar-refractivity contribution in [1.29, 1.82) is 0 Å². The Labute approximate surface area is 320 Å². The van der Waals surface area contributed by atoms with Gasteiger partial charge in [0.05, 0.1) is 6.61 Å². The summed E-state index contributed by atoms with van der Waals surface area (Å²) in [6.45, 7) is 8.98. The van der Waals surface area contributed by atoms with Gasteiger partial charge in [0.1, 0.15) is 0 Å². The van der Waals surface area contributed by atoms with Crippen molar-refractivity contribution in [2.75, 3.05) is 18.1 Å². The van der Waals surface area contributed by atoms with Crippen LogP contribution >= 0.6 is 0 Å². The monoisotopic (exact) mass is 713 g/mol. The molecule has 0 amide bonds. The maximum absolute atomic E-state index is 11.3.